The molecule has 0 aliphatic carbocycles. The Morgan fingerprint density at radius 1 is 0.970 bits per heavy atom. The molecule has 3 aromatic rings. The highest BCUT2D eigenvalue weighted by molar-refractivity contribution is 6.15. The number of methoxy groups -OCH3 is 1. The molecule has 4 rings (SSSR count). The summed E-state index contributed by atoms with van der Waals surface area (Å²) in [4.78, 5) is 15.3. The van der Waals surface area contributed by atoms with Crippen LogP contribution in [0, 0.1) is 6.92 Å². The first-order valence-corrected chi connectivity index (χ1v) is 11.2. The molecular formula is C28H29NO4. The van der Waals surface area contributed by atoms with Crippen molar-refractivity contribution in [1.29, 1.82) is 0 Å². The van der Waals surface area contributed by atoms with Gasteiger partial charge in [-0.1, -0.05) is 24.3 Å². The summed E-state index contributed by atoms with van der Waals surface area (Å²) in [6.07, 6.45) is 1.80. The molecule has 0 unspecified atom stereocenters. The van der Waals surface area contributed by atoms with Crippen LogP contribution >= 0.6 is 0 Å². The van der Waals surface area contributed by atoms with E-state index in [1.165, 1.54) is 0 Å². The van der Waals surface area contributed by atoms with Gasteiger partial charge in [-0.2, -0.15) is 0 Å². The number of carbonyl (C=O) groups is 1. The topological polar surface area (TPSA) is 48.0 Å². The van der Waals surface area contributed by atoms with Gasteiger partial charge in [-0.15, -0.1) is 0 Å². The lowest BCUT2D eigenvalue weighted by Crippen LogP contribution is -2.21. The zero-order valence-corrected chi connectivity index (χ0v) is 19.6. The lowest BCUT2D eigenvalue weighted by atomic mass is 10.0. The van der Waals surface area contributed by atoms with Crippen LogP contribution in [0.3, 0.4) is 0 Å². The Hall–Kier alpha value is -3.73. The van der Waals surface area contributed by atoms with Gasteiger partial charge in [-0.3, -0.25) is 4.79 Å². The summed E-state index contributed by atoms with van der Waals surface area (Å²) in [5.41, 5.74) is 4.51. The van der Waals surface area contributed by atoms with Crippen molar-refractivity contribution >= 4 is 17.5 Å². The molecule has 0 spiro atoms. The molecule has 170 valence electrons. The van der Waals surface area contributed by atoms with E-state index in [0.717, 1.165) is 41.2 Å². The maximum absolute atomic E-state index is 13.0. The largest absolute Gasteiger partial charge is 0.497 e. The molecule has 33 heavy (non-hydrogen) atoms. The third-order valence-electron chi connectivity index (χ3n) is 5.80. The lowest BCUT2D eigenvalue weighted by Gasteiger charge is -2.20. The monoisotopic (exact) mass is 443 g/mol. The molecule has 1 heterocycles. The van der Waals surface area contributed by atoms with Gasteiger partial charge in [0, 0.05) is 24.8 Å². The molecule has 0 fully saturated rings. The summed E-state index contributed by atoms with van der Waals surface area (Å²) in [5.74, 6) is 2.21. The Labute approximate surface area is 195 Å². The van der Waals surface area contributed by atoms with E-state index in [-0.39, 0.29) is 5.78 Å². The molecule has 0 bridgehead atoms. The first-order valence-electron chi connectivity index (χ1n) is 11.2. The van der Waals surface area contributed by atoms with Crippen molar-refractivity contribution in [2.45, 2.75) is 27.4 Å². The van der Waals surface area contributed by atoms with Crippen molar-refractivity contribution in [2.75, 3.05) is 25.1 Å². The molecule has 0 N–H and O–H groups in total. The van der Waals surface area contributed by atoms with Gasteiger partial charge in [0.15, 0.2) is 5.76 Å². The van der Waals surface area contributed by atoms with Gasteiger partial charge in [0.25, 0.3) is 0 Å². The van der Waals surface area contributed by atoms with Gasteiger partial charge in [0.2, 0.25) is 5.78 Å². The average molecular weight is 444 g/mol. The summed E-state index contributed by atoms with van der Waals surface area (Å²) in [7, 11) is 1.64. The summed E-state index contributed by atoms with van der Waals surface area (Å²) >= 11 is 0. The highest BCUT2D eigenvalue weighted by atomic mass is 16.5. The summed E-state index contributed by atoms with van der Waals surface area (Å²) in [5, 5.41) is 0. The molecule has 0 atom stereocenters. The molecule has 0 amide bonds. The first-order chi connectivity index (χ1) is 16.0. The molecule has 1 aliphatic heterocycles. The number of carbonyl (C=O) groups excluding carboxylic acids is 1. The van der Waals surface area contributed by atoms with E-state index in [0.29, 0.717) is 29.4 Å². The number of ether oxygens (including phenoxy) is 3. The highest BCUT2D eigenvalue weighted by Gasteiger charge is 2.30. The van der Waals surface area contributed by atoms with Crippen LogP contribution < -0.4 is 19.1 Å². The number of hydrogen-bond donors (Lipinski definition) is 0. The fourth-order valence-electron chi connectivity index (χ4n) is 4.01. The number of hydrogen-bond acceptors (Lipinski definition) is 5. The van der Waals surface area contributed by atoms with Crippen LogP contribution in [0.4, 0.5) is 5.69 Å². The normalized spacial score (nSPS) is 13.6. The summed E-state index contributed by atoms with van der Waals surface area (Å²) in [6, 6.07) is 19.6. The van der Waals surface area contributed by atoms with Crippen LogP contribution in [0.25, 0.3) is 6.08 Å². The molecule has 0 radical (unpaired) electrons. The fourth-order valence-corrected chi connectivity index (χ4v) is 4.01. The number of rotatable bonds is 8. The number of benzene rings is 3. The first kappa shape index (κ1) is 22.5. The second kappa shape index (κ2) is 9.82. The Kier molecular flexibility index (Phi) is 6.68. The number of anilines is 1. The minimum Gasteiger partial charge on any atom is -0.497 e. The van der Waals surface area contributed by atoms with E-state index in [1.54, 1.807) is 19.3 Å². The highest BCUT2D eigenvalue weighted by Crippen LogP contribution is 2.38. The average Bonchev–Trinajstić information content (AvgIpc) is 3.15. The quantitative estimate of drug-likeness (QED) is 0.397. The second-order valence-electron chi connectivity index (χ2n) is 7.96. The summed E-state index contributed by atoms with van der Waals surface area (Å²) < 4.78 is 17.2. The van der Waals surface area contributed by atoms with Gasteiger partial charge in [-0.25, -0.2) is 0 Å². The van der Waals surface area contributed by atoms with E-state index < -0.39 is 0 Å². The van der Waals surface area contributed by atoms with E-state index in [2.05, 4.69) is 30.9 Å². The predicted octanol–water partition coefficient (Wildman–Crippen LogP) is 6.05. The molecule has 0 saturated heterocycles. The van der Waals surface area contributed by atoms with Crippen LogP contribution in [0.2, 0.25) is 0 Å². The van der Waals surface area contributed by atoms with Crippen LogP contribution in [-0.2, 0) is 6.61 Å². The van der Waals surface area contributed by atoms with E-state index >= 15 is 0 Å². The fraction of sp³-hybridized carbons (Fsp3) is 0.250. The summed E-state index contributed by atoms with van der Waals surface area (Å²) in [6.45, 7) is 8.48. The Morgan fingerprint density at radius 2 is 1.73 bits per heavy atom. The van der Waals surface area contributed by atoms with Gasteiger partial charge in [0.1, 0.15) is 23.9 Å². The lowest BCUT2D eigenvalue weighted by molar-refractivity contribution is 0.101. The number of nitrogens with zero attached hydrogens (tertiary/aromatic N) is 1. The van der Waals surface area contributed by atoms with E-state index in [1.807, 2.05) is 49.4 Å². The standard InChI is InChI=1S/C28H29NO4/c1-5-29(6-2)22-12-10-20(11-13-22)16-26-28(30)27-19(3)14-24(17-25(27)33-26)32-18-21-8-7-9-23(15-21)31-4/h7-17H,5-6,18H2,1-4H3/b26-16-. The Bertz CT molecular complexity index is 1180. The van der Waals surface area contributed by atoms with Gasteiger partial charge < -0.3 is 19.1 Å². The zero-order chi connectivity index (χ0) is 23.4. The van der Waals surface area contributed by atoms with E-state index in [9.17, 15) is 4.79 Å². The maximum atomic E-state index is 13.0. The smallest absolute Gasteiger partial charge is 0.232 e. The van der Waals surface area contributed by atoms with E-state index in [4.69, 9.17) is 14.2 Å². The molecule has 0 saturated carbocycles. The minimum absolute atomic E-state index is 0.102. The van der Waals surface area contributed by atoms with Gasteiger partial charge in [0.05, 0.1) is 12.7 Å². The number of Topliss-reactive ketones (excluding diaryl/α,β-unsaturated/α-hetero) is 1. The number of fused-ring (bicyclic) bond motifs is 1. The minimum atomic E-state index is -0.102. The second-order valence-corrected chi connectivity index (χ2v) is 7.96. The third-order valence-corrected chi connectivity index (χ3v) is 5.80. The molecule has 3 aromatic carbocycles. The molecule has 5 heteroatoms. The van der Waals surface area contributed by atoms with Crippen LogP contribution in [0.15, 0.2) is 66.4 Å². The van der Waals surface area contributed by atoms with Crippen LogP contribution in [0.1, 0.15) is 40.9 Å². The molecule has 1 aliphatic rings. The van der Waals surface area contributed by atoms with Gasteiger partial charge in [-0.05, 0) is 73.9 Å². The van der Waals surface area contributed by atoms with Crippen molar-refractivity contribution in [2.24, 2.45) is 0 Å². The van der Waals surface area contributed by atoms with Crippen LogP contribution in [-0.4, -0.2) is 26.0 Å². The van der Waals surface area contributed by atoms with Crippen molar-refractivity contribution in [3.63, 3.8) is 0 Å². The van der Waals surface area contributed by atoms with Crippen molar-refractivity contribution < 1.29 is 19.0 Å². The van der Waals surface area contributed by atoms with Gasteiger partial charge >= 0.3 is 0 Å². The SMILES string of the molecule is CCN(CC)c1ccc(/C=C2\Oc3cc(OCc4cccc(OC)c4)cc(C)c3C2=O)cc1. The predicted molar refractivity (Wildman–Crippen MR) is 131 cm³/mol. The Morgan fingerprint density at radius 3 is 2.42 bits per heavy atom. The number of allylic oxidation sites excluding steroid dienone is 1. The third kappa shape index (κ3) is 4.87. The van der Waals surface area contributed by atoms with Crippen molar-refractivity contribution in [1.82, 2.24) is 0 Å². The zero-order valence-electron chi connectivity index (χ0n) is 19.6. The number of aryl methyl sites for hydroxylation is 1. The molecular weight excluding hydrogens is 414 g/mol. The number of ketones is 1. The van der Waals surface area contributed by atoms with Crippen molar-refractivity contribution in [3.05, 3.63) is 88.7 Å². The van der Waals surface area contributed by atoms with Crippen LogP contribution in [0.5, 0.6) is 17.2 Å². The maximum Gasteiger partial charge on any atom is 0.232 e. The molecule has 0 aromatic heterocycles. The Balaban J connectivity index is 1.51. The molecule has 5 nitrogen and oxygen atoms in total. The van der Waals surface area contributed by atoms with Crippen molar-refractivity contribution in [3.8, 4) is 17.2 Å².